The third-order valence-corrected chi connectivity index (χ3v) is 3.45. The van der Waals surface area contributed by atoms with Crippen LogP contribution in [0.4, 0.5) is 19.1 Å². The van der Waals surface area contributed by atoms with Gasteiger partial charge in [0.25, 0.3) is 0 Å². The van der Waals surface area contributed by atoms with Crippen LogP contribution in [-0.2, 0) is 13.0 Å². The Hall–Kier alpha value is -2.64. The highest BCUT2D eigenvalue weighted by molar-refractivity contribution is 5.41. The summed E-state index contributed by atoms with van der Waals surface area (Å²) in [7, 11) is 0. The molecule has 8 heteroatoms. The molecule has 0 saturated heterocycles. The van der Waals surface area contributed by atoms with Crippen molar-refractivity contribution in [2.45, 2.75) is 32.5 Å². The van der Waals surface area contributed by atoms with Crippen molar-refractivity contribution in [1.29, 1.82) is 0 Å². The van der Waals surface area contributed by atoms with E-state index in [9.17, 15) is 13.2 Å². The van der Waals surface area contributed by atoms with E-state index in [4.69, 9.17) is 0 Å². The summed E-state index contributed by atoms with van der Waals surface area (Å²) in [6.45, 7) is 2.39. The molecular weight excluding hydrogens is 319 g/mol. The minimum absolute atomic E-state index is 0.158. The molecule has 0 aliphatic carbocycles. The second kappa shape index (κ2) is 6.46. The predicted octanol–water partition coefficient (Wildman–Crippen LogP) is 3.54. The molecule has 0 spiro atoms. The van der Waals surface area contributed by atoms with Crippen LogP contribution in [0.15, 0.2) is 36.8 Å². The SMILES string of the molecule is Cc1ccc2nc(CNc3nccc(CCC(F)(F)F)n3)cn2c1. The smallest absolute Gasteiger partial charge is 0.349 e. The van der Waals surface area contributed by atoms with E-state index in [1.807, 2.05) is 35.9 Å². The number of hydrogen-bond acceptors (Lipinski definition) is 4. The van der Waals surface area contributed by atoms with Crippen molar-refractivity contribution in [2.24, 2.45) is 0 Å². The highest BCUT2D eigenvalue weighted by Gasteiger charge is 2.26. The van der Waals surface area contributed by atoms with Crippen LogP contribution in [0.3, 0.4) is 0 Å². The third-order valence-electron chi connectivity index (χ3n) is 3.45. The lowest BCUT2D eigenvalue weighted by molar-refractivity contribution is -0.134. The zero-order chi connectivity index (χ0) is 17.2. The van der Waals surface area contributed by atoms with E-state index in [-0.39, 0.29) is 6.42 Å². The van der Waals surface area contributed by atoms with E-state index in [0.29, 0.717) is 18.2 Å². The largest absolute Gasteiger partial charge is 0.389 e. The summed E-state index contributed by atoms with van der Waals surface area (Å²) in [6, 6.07) is 5.39. The van der Waals surface area contributed by atoms with Crippen molar-refractivity contribution >= 4 is 11.6 Å². The molecule has 0 saturated carbocycles. The fraction of sp³-hybridized carbons (Fsp3) is 0.312. The first-order chi connectivity index (χ1) is 11.4. The van der Waals surface area contributed by atoms with Gasteiger partial charge in [0.05, 0.1) is 12.2 Å². The quantitative estimate of drug-likeness (QED) is 0.775. The Morgan fingerprint density at radius 3 is 2.71 bits per heavy atom. The number of aryl methyl sites for hydroxylation is 2. The van der Waals surface area contributed by atoms with Crippen LogP contribution in [0.25, 0.3) is 5.65 Å². The number of halogens is 3. The highest BCUT2D eigenvalue weighted by Crippen LogP contribution is 2.21. The minimum Gasteiger partial charge on any atom is -0.349 e. The number of anilines is 1. The summed E-state index contributed by atoms with van der Waals surface area (Å²) >= 11 is 0. The average molecular weight is 335 g/mol. The summed E-state index contributed by atoms with van der Waals surface area (Å²) < 4.78 is 38.7. The lowest BCUT2D eigenvalue weighted by Gasteiger charge is -2.07. The van der Waals surface area contributed by atoms with E-state index in [0.717, 1.165) is 16.9 Å². The third kappa shape index (κ3) is 4.21. The van der Waals surface area contributed by atoms with E-state index >= 15 is 0 Å². The number of nitrogens with zero attached hydrogens (tertiary/aromatic N) is 4. The van der Waals surface area contributed by atoms with Gasteiger partial charge in [0.15, 0.2) is 0 Å². The first kappa shape index (κ1) is 16.2. The zero-order valence-corrected chi connectivity index (χ0v) is 13.0. The van der Waals surface area contributed by atoms with Gasteiger partial charge < -0.3 is 9.72 Å². The molecule has 5 nitrogen and oxygen atoms in total. The maximum atomic E-state index is 12.3. The summed E-state index contributed by atoms with van der Waals surface area (Å²) in [5, 5.41) is 2.99. The first-order valence-electron chi connectivity index (χ1n) is 7.46. The number of nitrogens with one attached hydrogen (secondary N) is 1. The Morgan fingerprint density at radius 1 is 1.08 bits per heavy atom. The van der Waals surface area contributed by atoms with Gasteiger partial charge in [-0.25, -0.2) is 15.0 Å². The summed E-state index contributed by atoms with van der Waals surface area (Å²) in [5.74, 6) is 0.294. The standard InChI is InChI=1S/C16H16F3N5/c1-11-2-3-14-22-13(10-24(14)9-11)8-21-15-20-7-5-12(23-15)4-6-16(17,18)19/h2-3,5,7,9-10H,4,6,8H2,1H3,(H,20,21,23). The van der Waals surface area contributed by atoms with Gasteiger partial charge in [-0.1, -0.05) is 6.07 Å². The molecule has 0 aliphatic heterocycles. The molecule has 0 fully saturated rings. The molecule has 126 valence electrons. The minimum atomic E-state index is -4.19. The highest BCUT2D eigenvalue weighted by atomic mass is 19.4. The Labute approximate surface area is 136 Å². The lowest BCUT2D eigenvalue weighted by atomic mass is 10.2. The monoisotopic (exact) mass is 335 g/mol. The number of hydrogen-bond donors (Lipinski definition) is 1. The van der Waals surface area contributed by atoms with Crippen LogP contribution in [0.2, 0.25) is 0 Å². The van der Waals surface area contributed by atoms with Crippen molar-refractivity contribution in [3.05, 3.63) is 53.7 Å². The predicted molar refractivity (Wildman–Crippen MR) is 83.7 cm³/mol. The van der Waals surface area contributed by atoms with Gasteiger partial charge in [-0.2, -0.15) is 13.2 Å². The molecule has 3 aromatic heterocycles. The Kier molecular flexibility index (Phi) is 4.37. The normalized spacial score (nSPS) is 11.8. The van der Waals surface area contributed by atoms with E-state index < -0.39 is 12.6 Å². The number of rotatable bonds is 5. The molecule has 0 bridgehead atoms. The molecule has 0 aromatic carbocycles. The van der Waals surface area contributed by atoms with Crippen LogP contribution >= 0.6 is 0 Å². The molecule has 3 rings (SSSR count). The lowest BCUT2D eigenvalue weighted by Crippen LogP contribution is -2.10. The molecule has 0 unspecified atom stereocenters. The van der Waals surface area contributed by atoms with Gasteiger partial charge in [0.1, 0.15) is 5.65 Å². The fourth-order valence-electron chi connectivity index (χ4n) is 2.30. The van der Waals surface area contributed by atoms with Crippen LogP contribution in [0.1, 0.15) is 23.4 Å². The Balaban J connectivity index is 1.65. The van der Waals surface area contributed by atoms with E-state index in [1.54, 1.807) is 0 Å². The average Bonchev–Trinajstić information content (AvgIpc) is 2.93. The molecule has 0 aliphatic rings. The van der Waals surface area contributed by atoms with Crippen molar-refractivity contribution in [3.63, 3.8) is 0 Å². The fourth-order valence-corrected chi connectivity index (χ4v) is 2.30. The first-order valence-corrected chi connectivity index (χ1v) is 7.46. The molecule has 24 heavy (non-hydrogen) atoms. The Bertz CT molecular complexity index is 841. The molecule has 3 heterocycles. The number of imidazole rings is 1. The van der Waals surface area contributed by atoms with Gasteiger partial charge in [0.2, 0.25) is 5.95 Å². The number of aromatic nitrogens is 4. The molecule has 0 radical (unpaired) electrons. The summed E-state index contributed by atoms with van der Waals surface area (Å²) in [5.41, 5.74) is 3.11. The second-order valence-corrected chi connectivity index (χ2v) is 5.54. The van der Waals surface area contributed by atoms with E-state index in [2.05, 4.69) is 20.3 Å². The molecule has 0 amide bonds. The van der Waals surface area contributed by atoms with Gasteiger partial charge in [0, 0.05) is 30.7 Å². The zero-order valence-electron chi connectivity index (χ0n) is 13.0. The van der Waals surface area contributed by atoms with Crippen molar-refractivity contribution in [2.75, 3.05) is 5.32 Å². The van der Waals surface area contributed by atoms with Gasteiger partial charge in [-0.15, -0.1) is 0 Å². The number of fused-ring (bicyclic) bond motifs is 1. The number of pyridine rings is 1. The van der Waals surface area contributed by atoms with E-state index in [1.165, 1.54) is 12.3 Å². The van der Waals surface area contributed by atoms with Gasteiger partial charge in [-0.3, -0.25) is 0 Å². The van der Waals surface area contributed by atoms with Gasteiger partial charge >= 0.3 is 6.18 Å². The summed E-state index contributed by atoms with van der Waals surface area (Å²) in [6.07, 6.45) is 0.0772. The topological polar surface area (TPSA) is 55.1 Å². The van der Waals surface area contributed by atoms with Crippen LogP contribution < -0.4 is 5.32 Å². The van der Waals surface area contributed by atoms with Crippen LogP contribution in [0.5, 0.6) is 0 Å². The molecule has 3 aromatic rings. The van der Waals surface area contributed by atoms with Crippen LogP contribution in [0, 0.1) is 6.92 Å². The molecule has 0 atom stereocenters. The molecular formula is C16H16F3N5. The summed E-state index contributed by atoms with van der Waals surface area (Å²) in [4.78, 5) is 12.6. The maximum absolute atomic E-state index is 12.3. The number of alkyl halides is 3. The molecule has 1 N–H and O–H groups in total. The van der Waals surface area contributed by atoms with Gasteiger partial charge in [-0.05, 0) is 31.0 Å². The van der Waals surface area contributed by atoms with Crippen LogP contribution in [-0.4, -0.2) is 25.5 Å². The maximum Gasteiger partial charge on any atom is 0.389 e. The second-order valence-electron chi connectivity index (χ2n) is 5.54. The van der Waals surface area contributed by atoms with Crippen molar-refractivity contribution < 1.29 is 13.2 Å². The van der Waals surface area contributed by atoms with Crippen molar-refractivity contribution in [1.82, 2.24) is 19.4 Å². The van der Waals surface area contributed by atoms with Crippen molar-refractivity contribution in [3.8, 4) is 0 Å². The Morgan fingerprint density at radius 2 is 1.92 bits per heavy atom.